The predicted molar refractivity (Wildman–Crippen MR) is 73.2 cm³/mol. The van der Waals surface area contributed by atoms with E-state index in [1.54, 1.807) is 19.1 Å². The second-order valence-corrected chi connectivity index (χ2v) is 4.92. The molecule has 0 radical (unpaired) electrons. The first-order valence-electron chi connectivity index (χ1n) is 6.27. The van der Waals surface area contributed by atoms with E-state index in [2.05, 4.69) is 9.97 Å². The first-order chi connectivity index (χ1) is 9.40. The Morgan fingerprint density at radius 2 is 2.05 bits per heavy atom. The van der Waals surface area contributed by atoms with E-state index in [9.17, 15) is 9.18 Å². The van der Waals surface area contributed by atoms with Crippen LogP contribution >= 0.6 is 0 Å². The van der Waals surface area contributed by atoms with Gasteiger partial charge in [-0.3, -0.25) is 0 Å². The summed E-state index contributed by atoms with van der Waals surface area (Å²) in [6.45, 7) is 5.38. The molecular weight excluding hydrogens is 259 g/mol. The highest BCUT2D eigenvalue weighted by molar-refractivity contribution is 5.88. The van der Waals surface area contributed by atoms with Gasteiger partial charge in [-0.2, -0.15) is 0 Å². The maximum Gasteiger partial charge on any atom is 0.339 e. The van der Waals surface area contributed by atoms with Crippen LogP contribution in [0.1, 0.15) is 41.4 Å². The van der Waals surface area contributed by atoms with Crippen LogP contribution in [-0.2, 0) is 0 Å². The van der Waals surface area contributed by atoms with Gasteiger partial charge in [0.2, 0.25) is 0 Å². The van der Waals surface area contributed by atoms with E-state index in [0.717, 1.165) is 0 Å². The van der Waals surface area contributed by atoms with Crippen LogP contribution in [-0.4, -0.2) is 21.0 Å². The third-order valence-electron chi connectivity index (χ3n) is 3.03. The minimum atomic E-state index is -1.06. The lowest BCUT2D eigenvalue weighted by molar-refractivity contribution is 0.0694. The molecule has 1 N–H and O–H groups in total. The molecule has 0 spiro atoms. The number of halogens is 1. The minimum absolute atomic E-state index is 0.0573. The Balaban J connectivity index is 2.55. The number of carboxylic acids is 1. The second-order valence-electron chi connectivity index (χ2n) is 4.92. The zero-order valence-electron chi connectivity index (χ0n) is 11.5. The number of aryl methyl sites for hydroxylation is 1. The van der Waals surface area contributed by atoms with Crippen LogP contribution in [0.4, 0.5) is 4.39 Å². The van der Waals surface area contributed by atoms with Gasteiger partial charge in [0.15, 0.2) is 5.82 Å². The molecule has 0 aliphatic carbocycles. The number of aromatic carboxylic acids is 1. The second kappa shape index (κ2) is 5.36. The van der Waals surface area contributed by atoms with Crippen molar-refractivity contribution in [2.24, 2.45) is 0 Å². The molecule has 0 amide bonds. The van der Waals surface area contributed by atoms with Gasteiger partial charge in [0.1, 0.15) is 5.82 Å². The van der Waals surface area contributed by atoms with E-state index in [1.807, 2.05) is 13.8 Å². The molecule has 20 heavy (non-hydrogen) atoms. The van der Waals surface area contributed by atoms with Crippen molar-refractivity contribution < 1.29 is 14.3 Å². The quantitative estimate of drug-likeness (QED) is 0.931. The fourth-order valence-electron chi connectivity index (χ4n) is 1.87. The largest absolute Gasteiger partial charge is 0.478 e. The number of carboxylic acid groups (broad SMARTS) is 1. The zero-order chi connectivity index (χ0) is 14.9. The van der Waals surface area contributed by atoms with Crippen LogP contribution in [0.15, 0.2) is 24.4 Å². The topological polar surface area (TPSA) is 63.1 Å². The van der Waals surface area contributed by atoms with Crippen LogP contribution in [0.5, 0.6) is 0 Å². The van der Waals surface area contributed by atoms with Crippen LogP contribution in [0, 0.1) is 12.7 Å². The predicted octanol–water partition coefficient (Wildman–Crippen LogP) is 3.41. The van der Waals surface area contributed by atoms with E-state index < -0.39 is 5.97 Å². The van der Waals surface area contributed by atoms with Crippen molar-refractivity contribution in [2.75, 3.05) is 0 Å². The summed E-state index contributed by atoms with van der Waals surface area (Å²) in [6, 6.07) is 4.72. The number of aromatic nitrogens is 2. The van der Waals surface area contributed by atoms with Crippen molar-refractivity contribution in [3.05, 3.63) is 47.0 Å². The van der Waals surface area contributed by atoms with Crippen molar-refractivity contribution in [3.63, 3.8) is 0 Å². The molecule has 1 aromatic carbocycles. The van der Waals surface area contributed by atoms with Crippen molar-refractivity contribution in [1.29, 1.82) is 0 Å². The monoisotopic (exact) mass is 274 g/mol. The van der Waals surface area contributed by atoms with Gasteiger partial charge >= 0.3 is 5.97 Å². The summed E-state index contributed by atoms with van der Waals surface area (Å²) in [5, 5.41) is 9.12. The smallest absolute Gasteiger partial charge is 0.339 e. The van der Waals surface area contributed by atoms with Crippen LogP contribution in [0.25, 0.3) is 11.4 Å². The summed E-state index contributed by atoms with van der Waals surface area (Å²) in [7, 11) is 0. The van der Waals surface area contributed by atoms with Gasteiger partial charge in [0.25, 0.3) is 0 Å². The molecule has 1 aromatic heterocycles. The molecule has 4 nitrogen and oxygen atoms in total. The van der Waals surface area contributed by atoms with Gasteiger partial charge in [0.05, 0.1) is 11.3 Å². The molecule has 2 rings (SSSR count). The van der Waals surface area contributed by atoms with E-state index in [-0.39, 0.29) is 17.3 Å². The fraction of sp³-hybridized carbons (Fsp3) is 0.267. The first-order valence-corrected chi connectivity index (χ1v) is 6.27. The number of carbonyl (C=O) groups is 1. The van der Waals surface area contributed by atoms with E-state index in [0.29, 0.717) is 22.6 Å². The summed E-state index contributed by atoms with van der Waals surface area (Å²) in [5.41, 5.74) is 1.60. The van der Waals surface area contributed by atoms with Gasteiger partial charge in [-0.05, 0) is 24.5 Å². The average molecular weight is 274 g/mol. The van der Waals surface area contributed by atoms with Crippen LogP contribution in [0.2, 0.25) is 0 Å². The van der Waals surface area contributed by atoms with E-state index in [4.69, 9.17) is 5.11 Å². The van der Waals surface area contributed by atoms with Crippen molar-refractivity contribution in [3.8, 4) is 11.4 Å². The lowest BCUT2D eigenvalue weighted by atomic mass is 10.0. The number of nitrogens with zero attached hydrogens (tertiary/aromatic N) is 2. The molecule has 104 valence electrons. The Bertz CT molecular complexity index is 669. The lowest BCUT2D eigenvalue weighted by Gasteiger charge is -2.10. The number of hydrogen-bond donors (Lipinski definition) is 1. The summed E-state index contributed by atoms with van der Waals surface area (Å²) in [4.78, 5) is 19.4. The molecule has 2 aromatic rings. The van der Waals surface area contributed by atoms with Gasteiger partial charge in [0, 0.05) is 11.8 Å². The highest BCUT2D eigenvalue weighted by atomic mass is 19.1. The summed E-state index contributed by atoms with van der Waals surface area (Å²) >= 11 is 0. The molecule has 0 atom stereocenters. The number of hydrogen-bond acceptors (Lipinski definition) is 3. The number of benzene rings is 1. The molecule has 0 aliphatic heterocycles. The maximum atomic E-state index is 13.6. The minimum Gasteiger partial charge on any atom is -0.478 e. The molecule has 0 fully saturated rings. The third kappa shape index (κ3) is 2.66. The average Bonchev–Trinajstić information content (AvgIpc) is 2.41. The summed E-state index contributed by atoms with van der Waals surface area (Å²) < 4.78 is 13.6. The fourth-order valence-corrected chi connectivity index (χ4v) is 1.87. The van der Waals surface area contributed by atoms with E-state index in [1.165, 1.54) is 12.3 Å². The van der Waals surface area contributed by atoms with Crippen molar-refractivity contribution in [1.82, 2.24) is 9.97 Å². The zero-order valence-corrected chi connectivity index (χ0v) is 11.5. The summed E-state index contributed by atoms with van der Waals surface area (Å²) in [6.07, 6.45) is 1.28. The third-order valence-corrected chi connectivity index (χ3v) is 3.03. The molecule has 0 bridgehead atoms. The Morgan fingerprint density at radius 1 is 1.35 bits per heavy atom. The highest BCUT2D eigenvalue weighted by Crippen LogP contribution is 2.23. The van der Waals surface area contributed by atoms with E-state index >= 15 is 0 Å². The van der Waals surface area contributed by atoms with Gasteiger partial charge in [-0.25, -0.2) is 19.2 Å². The summed E-state index contributed by atoms with van der Waals surface area (Å²) in [5.74, 6) is -1.12. The first kappa shape index (κ1) is 14.1. The SMILES string of the molecule is Cc1ccc(-c2ncc(C(=O)O)c(C(C)C)n2)cc1F. The maximum absolute atomic E-state index is 13.6. The molecule has 5 heteroatoms. The van der Waals surface area contributed by atoms with Gasteiger partial charge < -0.3 is 5.11 Å². The highest BCUT2D eigenvalue weighted by Gasteiger charge is 2.17. The Hall–Kier alpha value is -2.30. The molecular formula is C15H15FN2O2. The molecule has 0 unspecified atom stereocenters. The van der Waals surface area contributed by atoms with Gasteiger partial charge in [-0.15, -0.1) is 0 Å². The molecule has 1 heterocycles. The Labute approximate surface area is 116 Å². The van der Waals surface area contributed by atoms with Crippen LogP contribution < -0.4 is 0 Å². The number of rotatable bonds is 3. The molecule has 0 saturated carbocycles. The van der Waals surface area contributed by atoms with Crippen LogP contribution in [0.3, 0.4) is 0 Å². The Morgan fingerprint density at radius 3 is 2.60 bits per heavy atom. The molecule has 0 aliphatic rings. The van der Waals surface area contributed by atoms with Crippen molar-refractivity contribution >= 4 is 5.97 Å². The van der Waals surface area contributed by atoms with Gasteiger partial charge in [-0.1, -0.05) is 26.0 Å². The molecule has 0 saturated heterocycles. The Kier molecular flexibility index (Phi) is 3.79. The normalized spacial score (nSPS) is 10.8. The van der Waals surface area contributed by atoms with Crippen molar-refractivity contribution in [2.45, 2.75) is 26.7 Å². The standard InChI is InChI=1S/C15H15FN2O2/c1-8(2)13-11(15(19)20)7-17-14(18-13)10-5-4-9(3)12(16)6-10/h4-8H,1-3H3,(H,19,20). The lowest BCUT2D eigenvalue weighted by Crippen LogP contribution is -2.08.